The number of hydrogen-bond acceptors (Lipinski definition) is 6. The van der Waals surface area contributed by atoms with E-state index in [1.165, 1.54) is 31.7 Å². The van der Waals surface area contributed by atoms with Crippen molar-refractivity contribution in [2.75, 3.05) is 12.8 Å². The molecule has 0 heterocycles. The number of carbonyl (C=O) groups excluding carboxylic acids is 2. The van der Waals surface area contributed by atoms with Crippen molar-refractivity contribution in [2.24, 2.45) is 5.92 Å². The van der Waals surface area contributed by atoms with Crippen LogP contribution in [0.15, 0.2) is 23.1 Å². The van der Waals surface area contributed by atoms with Crippen LogP contribution in [-0.4, -0.2) is 38.7 Å². The van der Waals surface area contributed by atoms with E-state index in [1.807, 2.05) is 0 Å². The van der Waals surface area contributed by atoms with Crippen LogP contribution in [0.5, 0.6) is 0 Å². The first kappa shape index (κ1) is 20.6. The number of amides is 1. The molecule has 154 valence electrons. The van der Waals surface area contributed by atoms with Crippen LogP contribution in [0.25, 0.3) is 0 Å². The van der Waals surface area contributed by atoms with Gasteiger partial charge in [-0.15, -0.1) is 0 Å². The van der Waals surface area contributed by atoms with Crippen molar-refractivity contribution in [1.82, 2.24) is 5.32 Å². The zero-order chi connectivity index (χ0) is 20.3. The Morgan fingerprint density at radius 3 is 2.43 bits per heavy atom. The summed E-state index contributed by atoms with van der Waals surface area (Å²) < 4.78 is 29.5. The summed E-state index contributed by atoms with van der Waals surface area (Å²) in [5, 5.41) is 2.38. The summed E-state index contributed by atoms with van der Waals surface area (Å²) >= 11 is 0. The maximum absolute atomic E-state index is 12.7. The smallest absolute Gasteiger partial charge is 0.328 e. The van der Waals surface area contributed by atoms with Gasteiger partial charge in [-0.3, -0.25) is 4.79 Å². The molecule has 1 aromatic rings. The van der Waals surface area contributed by atoms with Gasteiger partial charge in [0.1, 0.15) is 6.04 Å². The van der Waals surface area contributed by atoms with E-state index < -0.39 is 27.8 Å². The van der Waals surface area contributed by atoms with Crippen molar-refractivity contribution in [1.29, 1.82) is 0 Å². The number of rotatable bonds is 7. The lowest BCUT2D eigenvalue weighted by Gasteiger charge is -2.26. The molecule has 1 atom stereocenters. The van der Waals surface area contributed by atoms with E-state index in [-0.39, 0.29) is 21.4 Å². The van der Waals surface area contributed by atoms with Gasteiger partial charge in [-0.05, 0) is 43.4 Å². The van der Waals surface area contributed by atoms with Crippen LogP contribution >= 0.6 is 0 Å². The van der Waals surface area contributed by atoms with Gasteiger partial charge in [-0.2, -0.15) is 0 Å². The number of sulfone groups is 1. The van der Waals surface area contributed by atoms with Crippen LogP contribution in [-0.2, 0) is 19.4 Å². The van der Waals surface area contributed by atoms with Gasteiger partial charge in [-0.25, -0.2) is 13.2 Å². The van der Waals surface area contributed by atoms with Crippen molar-refractivity contribution in [3.63, 3.8) is 0 Å². The molecular weight excluding hydrogens is 380 g/mol. The van der Waals surface area contributed by atoms with Gasteiger partial charge in [0.15, 0.2) is 9.84 Å². The van der Waals surface area contributed by atoms with E-state index in [2.05, 4.69) is 5.32 Å². The van der Waals surface area contributed by atoms with E-state index in [9.17, 15) is 18.0 Å². The van der Waals surface area contributed by atoms with Crippen molar-refractivity contribution in [2.45, 2.75) is 67.6 Å². The van der Waals surface area contributed by atoms with Crippen LogP contribution in [0, 0.1) is 5.92 Å². The van der Waals surface area contributed by atoms with Crippen LogP contribution in [0.4, 0.5) is 5.69 Å². The fraction of sp³-hybridized carbons (Fsp3) is 0.600. The zero-order valence-corrected chi connectivity index (χ0v) is 17.0. The number of hydrogen-bond donors (Lipinski definition) is 2. The summed E-state index contributed by atoms with van der Waals surface area (Å²) in [6, 6.07) is 3.41. The highest BCUT2D eigenvalue weighted by Gasteiger charge is 2.37. The highest BCUT2D eigenvalue weighted by atomic mass is 32.2. The number of nitrogens with two attached hydrogens (primary N) is 1. The average Bonchev–Trinajstić information content (AvgIpc) is 3.53. The maximum atomic E-state index is 12.7. The minimum atomic E-state index is -3.38. The molecule has 0 spiro atoms. The molecule has 2 aliphatic rings. The van der Waals surface area contributed by atoms with E-state index in [0.29, 0.717) is 25.2 Å². The number of methoxy groups -OCH3 is 1. The first-order valence-electron chi connectivity index (χ1n) is 9.85. The molecule has 0 radical (unpaired) electrons. The van der Waals surface area contributed by atoms with Gasteiger partial charge in [0.25, 0.3) is 5.91 Å². The van der Waals surface area contributed by atoms with Crippen molar-refractivity contribution in [3.05, 3.63) is 23.8 Å². The minimum Gasteiger partial charge on any atom is -0.467 e. The Morgan fingerprint density at radius 1 is 1.18 bits per heavy atom. The zero-order valence-electron chi connectivity index (χ0n) is 16.1. The molecule has 2 fully saturated rings. The normalized spacial score (nSPS) is 19.0. The van der Waals surface area contributed by atoms with Gasteiger partial charge in [0.05, 0.1) is 22.8 Å². The number of esters is 1. The first-order chi connectivity index (χ1) is 13.3. The number of nitrogens with one attached hydrogen (secondary N) is 1. The van der Waals surface area contributed by atoms with Crippen LogP contribution in [0.3, 0.4) is 0 Å². The van der Waals surface area contributed by atoms with Gasteiger partial charge in [0, 0.05) is 5.69 Å². The molecule has 3 rings (SSSR count). The molecule has 28 heavy (non-hydrogen) atoms. The van der Waals surface area contributed by atoms with Gasteiger partial charge < -0.3 is 15.8 Å². The van der Waals surface area contributed by atoms with E-state index in [1.54, 1.807) is 0 Å². The number of nitrogen functional groups attached to an aromatic ring is 1. The summed E-state index contributed by atoms with van der Waals surface area (Å²) in [5.74, 6) is -0.605. The Hall–Kier alpha value is -2.09. The molecule has 0 bridgehead atoms. The van der Waals surface area contributed by atoms with Crippen LogP contribution in [0.1, 0.15) is 61.7 Å². The quantitative estimate of drug-likeness (QED) is 0.529. The molecule has 1 aromatic carbocycles. The Balaban J connectivity index is 1.72. The van der Waals surface area contributed by atoms with Crippen molar-refractivity contribution < 1.29 is 22.7 Å². The molecule has 7 nitrogen and oxygen atoms in total. The Labute approximate surface area is 165 Å². The summed E-state index contributed by atoms with van der Waals surface area (Å²) in [5.41, 5.74) is 6.21. The predicted octanol–water partition coefficient (Wildman–Crippen LogP) is 2.45. The largest absolute Gasteiger partial charge is 0.467 e. The average molecular weight is 409 g/mol. The second kappa shape index (κ2) is 8.51. The number of carbonyl (C=O) groups is 2. The summed E-state index contributed by atoms with van der Waals surface area (Å²) in [6.45, 7) is 0. The minimum absolute atomic E-state index is 0.0838. The summed E-state index contributed by atoms with van der Waals surface area (Å²) in [7, 11) is -2.08. The second-order valence-electron chi connectivity index (χ2n) is 7.78. The highest BCUT2D eigenvalue weighted by molar-refractivity contribution is 7.92. The predicted molar refractivity (Wildman–Crippen MR) is 106 cm³/mol. The standard InChI is InChI=1S/C20H28N2O5S/c1-27-20(24)18(11-13-5-3-2-4-6-13)22-19(23)16-10-9-15(12-17(16)21)28(25,26)14-7-8-14/h9-10,12-14,18H,2-8,11,21H2,1H3,(H,22,23). The lowest BCUT2D eigenvalue weighted by atomic mass is 9.84. The Kier molecular flexibility index (Phi) is 6.27. The first-order valence-corrected chi connectivity index (χ1v) is 11.4. The maximum Gasteiger partial charge on any atom is 0.328 e. The SMILES string of the molecule is COC(=O)C(CC1CCCCC1)NC(=O)c1ccc(S(=O)(=O)C2CC2)cc1N. The number of ether oxygens (including phenoxy) is 1. The molecular formula is C20H28N2O5S. The fourth-order valence-electron chi connectivity index (χ4n) is 3.84. The molecule has 2 saturated carbocycles. The third-order valence-corrected chi connectivity index (χ3v) is 7.90. The van der Waals surface area contributed by atoms with E-state index in [0.717, 1.165) is 25.7 Å². The summed E-state index contributed by atoms with van der Waals surface area (Å²) in [4.78, 5) is 25.0. The van der Waals surface area contributed by atoms with Crippen LogP contribution in [0.2, 0.25) is 0 Å². The van der Waals surface area contributed by atoms with Crippen molar-refractivity contribution in [3.8, 4) is 0 Å². The van der Waals surface area contributed by atoms with Crippen LogP contribution < -0.4 is 11.1 Å². The second-order valence-corrected chi connectivity index (χ2v) is 10.0. The molecule has 8 heteroatoms. The third-order valence-electron chi connectivity index (χ3n) is 5.64. The fourth-order valence-corrected chi connectivity index (χ4v) is 5.53. The van der Waals surface area contributed by atoms with E-state index >= 15 is 0 Å². The van der Waals surface area contributed by atoms with Gasteiger partial charge >= 0.3 is 5.97 Å². The third kappa shape index (κ3) is 4.66. The molecule has 1 unspecified atom stereocenters. The van der Waals surface area contributed by atoms with E-state index in [4.69, 9.17) is 10.5 Å². The molecule has 0 aliphatic heterocycles. The Morgan fingerprint density at radius 2 is 1.86 bits per heavy atom. The lowest BCUT2D eigenvalue weighted by molar-refractivity contribution is -0.143. The highest BCUT2D eigenvalue weighted by Crippen LogP contribution is 2.34. The number of anilines is 1. The van der Waals surface area contributed by atoms with Gasteiger partial charge in [-0.1, -0.05) is 32.1 Å². The Bertz CT molecular complexity index is 842. The summed E-state index contributed by atoms with van der Waals surface area (Å²) in [6.07, 6.45) is 7.41. The van der Waals surface area contributed by atoms with Gasteiger partial charge in [0.2, 0.25) is 0 Å². The molecule has 2 aliphatic carbocycles. The topological polar surface area (TPSA) is 116 Å². The lowest BCUT2D eigenvalue weighted by Crippen LogP contribution is -2.43. The molecule has 0 saturated heterocycles. The molecule has 3 N–H and O–H groups in total. The number of benzene rings is 1. The monoisotopic (exact) mass is 408 g/mol. The van der Waals surface area contributed by atoms with Crippen molar-refractivity contribution >= 4 is 27.4 Å². The molecule has 0 aromatic heterocycles. The molecule has 1 amide bonds.